The predicted octanol–water partition coefficient (Wildman–Crippen LogP) is 0.532. The average Bonchev–Trinajstić information content (AvgIpc) is 3.54. The maximum atomic E-state index is 13.1. The maximum absolute atomic E-state index is 13.1. The molecule has 14 nitrogen and oxygen atoms in total. The summed E-state index contributed by atoms with van der Waals surface area (Å²) in [6.07, 6.45) is -4.98. The molecule has 2 rings (SSSR count). The number of esters is 4. The molecule has 0 aliphatic heterocycles. The van der Waals surface area contributed by atoms with Crippen molar-refractivity contribution in [3.8, 4) is 0 Å². The summed E-state index contributed by atoms with van der Waals surface area (Å²) in [7, 11) is 0. The van der Waals surface area contributed by atoms with E-state index >= 15 is 0 Å². The number of hydrogen-bond donors (Lipinski definition) is 2. The first-order valence-electron chi connectivity index (χ1n) is 11.3. The Kier molecular flexibility index (Phi) is 11.1. The highest BCUT2D eigenvalue weighted by Gasteiger charge is 2.49. The Morgan fingerprint density at radius 2 is 0.974 bits per heavy atom. The number of carbonyl (C=O) groups excluding carboxylic acids is 6. The van der Waals surface area contributed by atoms with E-state index in [4.69, 9.17) is 27.8 Å². The molecular formula is C24H28N2O12. The molecule has 2 aromatic heterocycles. The molecular weight excluding hydrogens is 508 g/mol. The normalized spacial score (nSPS) is 13.7. The van der Waals surface area contributed by atoms with Crippen molar-refractivity contribution in [1.82, 2.24) is 10.6 Å². The summed E-state index contributed by atoms with van der Waals surface area (Å²) in [5, 5.41) is 4.89. The number of rotatable bonds is 13. The van der Waals surface area contributed by atoms with Gasteiger partial charge in [-0.3, -0.25) is 28.8 Å². The molecule has 0 aliphatic rings. The molecule has 0 bridgehead atoms. The van der Waals surface area contributed by atoms with Crippen LogP contribution in [0.2, 0.25) is 0 Å². The van der Waals surface area contributed by atoms with Gasteiger partial charge in [-0.05, 0) is 24.3 Å². The van der Waals surface area contributed by atoms with Gasteiger partial charge in [0, 0.05) is 27.7 Å². The van der Waals surface area contributed by atoms with E-state index in [1.807, 2.05) is 0 Å². The van der Waals surface area contributed by atoms with Crippen LogP contribution >= 0.6 is 0 Å². The number of amides is 2. The third-order valence-electron chi connectivity index (χ3n) is 4.66. The van der Waals surface area contributed by atoms with Crippen LogP contribution < -0.4 is 10.6 Å². The van der Waals surface area contributed by atoms with E-state index in [0.717, 1.165) is 27.7 Å². The molecule has 0 saturated heterocycles. The van der Waals surface area contributed by atoms with E-state index in [9.17, 15) is 28.8 Å². The van der Waals surface area contributed by atoms with E-state index in [-0.39, 0.29) is 13.1 Å². The van der Waals surface area contributed by atoms with Crippen molar-refractivity contribution in [2.45, 2.75) is 65.2 Å². The van der Waals surface area contributed by atoms with Gasteiger partial charge in [0.15, 0.2) is 12.2 Å². The van der Waals surface area contributed by atoms with Crippen LogP contribution in [0.1, 0.15) is 39.2 Å². The molecule has 0 radical (unpaired) electrons. The van der Waals surface area contributed by atoms with Gasteiger partial charge in [0.05, 0.1) is 25.6 Å². The van der Waals surface area contributed by atoms with Gasteiger partial charge >= 0.3 is 23.9 Å². The fourth-order valence-electron chi connectivity index (χ4n) is 3.26. The first-order valence-corrected chi connectivity index (χ1v) is 11.3. The molecule has 0 fully saturated rings. The standard InChI is InChI=1S/C24H28N2O12/c1-13(27)35-19(21(37-15(3)29)23(31)25-11-17-7-5-9-33-17)20(36-14(2)28)22(38-16(4)30)24(32)26-12-18-8-6-10-34-18/h5-10,19-22H,11-12H2,1-4H3,(H,25,31)(H,26,32)/t19-,20+,21-,22-/m0/s1. The van der Waals surface area contributed by atoms with Gasteiger partial charge in [-0.15, -0.1) is 0 Å². The average molecular weight is 536 g/mol. The summed E-state index contributed by atoms with van der Waals surface area (Å²) in [6.45, 7) is 3.62. The largest absolute Gasteiger partial charge is 0.467 e. The second kappa shape index (κ2) is 14.2. The predicted molar refractivity (Wildman–Crippen MR) is 123 cm³/mol. The minimum absolute atomic E-state index is 0.147. The van der Waals surface area contributed by atoms with Crippen molar-refractivity contribution >= 4 is 35.7 Å². The van der Waals surface area contributed by atoms with Crippen molar-refractivity contribution in [2.75, 3.05) is 0 Å². The molecule has 206 valence electrons. The summed E-state index contributed by atoms with van der Waals surface area (Å²) in [5.74, 6) is -5.19. The van der Waals surface area contributed by atoms with Crippen molar-refractivity contribution in [2.24, 2.45) is 0 Å². The molecule has 0 unspecified atom stereocenters. The lowest BCUT2D eigenvalue weighted by Crippen LogP contribution is -2.59. The van der Waals surface area contributed by atoms with E-state index < -0.39 is 60.1 Å². The highest BCUT2D eigenvalue weighted by molar-refractivity contribution is 5.87. The molecule has 0 saturated carbocycles. The summed E-state index contributed by atoms with van der Waals surface area (Å²) in [4.78, 5) is 74.1. The lowest BCUT2D eigenvalue weighted by molar-refractivity contribution is -0.200. The molecule has 2 amide bonds. The third-order valence-corrected chi connectivity index (χ3v) is 4.66. The summed E-state index contributed by atoms with van der Waals surface area (Å²) >= 11 is 0. The summed E-state index contributed by atoms with van der Waals surface area (Å²) in [5.41, 5.74) is 0. The molecule has 2 heterocycles. The first kappa shape index (κ1) is 29.6. The Morgan fingerprint density at radius 3 is 1.24 bits per heavy atom. The van der Waals surface area contributed by atoms with E-state index in [2.05, 4.69) is 10.6 Å². The van der Waals surface area contributed by atoms with Crippen molar-refractivity contribution in [3.05, 3.63) is 48.3 Å². The summed E-state index contributed by atoms with van der Waals surface area (Å²) in [6, 6.07) is 6.28. The van der Waals surface area contributed by atoms with E-state index in [0.29, 0.717) is 11.5 Å². The monoisotopic (exact) mass is 536 g/mol. The van der Waals surface area contributed by atoms with Crippen LogP contribution in [-0.4, -0.2) is 60.1 Å². The Labute approximate surface area is 216 Å². The summed E-state index contributed by atoms with van der Waals surface area (Å²) < 4.78 is 31.0. The molecule has 0 spiro atoms. The first-order chi connectivity index (χ1) is 18.0. The Bertz CT molecular complexity index is 1020. The Hall–Kier alpha value is -4.62. The van der Waals surface area contributed by atoms with Gasteiger partial charge in [-0.25, -0.2) is 0 Å². The van der Waals surface area contributed by atoms with Crippen LogP contribution in [0, 0.1) is 0 Å². The Balaban J connectivity index is 2.46. The van der Waals surface area contributed by atoms with Crippen LogP contribution in [0.15, 0.2) is 45.6 Å². The lowest BCUT2D eigenvalue weighted by Gasteiger charge is -2.34. The quantitative estimate of drug-likeness (QED) is 0.267. The fraction of sp³-hybridized carbons (Fsp3) is 0.417. The lowest BCUT2D eigenvalue weighted by atomic mass is 10.00. The minimum Gasteiger partial charge on any atom is -0.467 e. The van der Waals surface area contributed by atoms with Crippen molar-refractivity contribution in [3.63, 3.8) is 0 Å². The second-order valence-corrected chi connectivity index (χ2v) is 7.80. The highest BCUT2D eigenvalue weighted by atomic mass is 16.6. The van der Waals surface area contributed by atoms with Crippen LogP contribution in [0.5, 0.6) is 0 Å². The maximum Gasteiger partial charge on any atom is 0.303 e. The Morgan fingerprint density at radius 1 is 0.632 bits per heavy atom. The van der Waals surface area contributed by atoms with Gasteiger partial charge in [-0.2, -0.15) is 0 Å². The van der Waals surface area contributed by atoms with Crippen LogP contribution in [0.25, 0.3) is 0 Å². The van der Waals surface area contributed by atoms with Crippen LogP contribution in [0.4, 0.5) is 0 Å². The molecule has 0 aliphatic carbocycles. The molecule has 38 heavy (non-hydrogen) atoms. The number of furan rings is 2. The molecule has 2 N–H and O–H groups in total. The van der Waals surface area contributed by atoms with Gasteiger partial charge < -0.3 is 38.4 Å². The third kappa shape index (κ3) is 9.44. The van der Waals surface area contributed by atoms with Crippen LogP contribution in [0.3, 0.4) is 0 Å². The van der Waals surface area contributed by atoms with E-state index in [1.54, 1.807) is 24.3 Å². The molecule has 0 aromatic carbocycles. The molecule has 14 heteroatoms. The van der Waals surface area contributed by atoms with Gasteiger partial charge in [0.1, 0.15) is 11.5 Å². The minimum atomic E-state index is -1.94. The van der Waals surface area contributed by atoms with Gasteiger partial charge in [0.25, 0.3) is 11.8 Å². The topological polar surface area (TPSA) is 190 Å². The number of nitrogens with one attached hydrogen (secondary N) is 2. The van der Waals surface area contributed by atoms with E-state index in [1.165, 1.54) is 12.5 Å². The zero-order valence-electron chi connectivity index (χ0n) is 21.1. The van der Waals surface area contributed by atoms with Crippen LogP contribution in [-0.2, 0) is 60.8 Å². The number of ether oxygens (including phenoxy) is 4. The zero-order chi connectivity index (χ0) is 28.2. The number of hydrogen-bond acceptors (Lipinski definition) is 12. The molecule has 4 atom stereocenters. The van der Waals surface area contributed by atoms with Gasteiger partial charge in [0.2, 0.25) is 12.2 Å². The SMILES string of the molecule is CC(=O)O[C@H]([C@H](OC(C)=O)[C@H](OC(C)=O)C(=O)NCc1ccco1)[C@H](OC(C)=O)C(=O)NCc1ccco1. The van der Waals surface area contributed by atoms with Crippen molar-refractivity contribution < 1.29 is 56.5 Å². The smallest absolute Gasteiger partial charge is 0.303 e. The highest BCUT2D eigenvalue weighted by Crippen LogP contribution is 2.21. The van der Waals surface area contributed by atoms with Crippen molar-refractivity contribution in [1.29, 1.82) is 0 Å². The fourth-order valence-corrected chi connectivity index (χ4v) is 3.26. The second-order valence-electron chi connectivity index (χ2n) is 7.80. The molecule has 2 aromatic rings. The van der Waals surface area contributed by atoms with Gasteiger partial charge in [-0.1, -0.05) is 0 Å². The zero-order valence-corrected chi connectivity index (χ0v) is 21.1. The number of carbonyl (C=O) groups is 6.